The second-order valence-corrected chi connectivity index (χ2v) is 7.10. The lowest BCUT2D eigenvalue weighted by Crippen LogP contribution is -2.30. The highest BCUT2D eigenvalue weighted by Crippen LogP contribution is 2.37. The Morgan fingerprint density at radius 2 is 2.19 bits per heavy atom. The van der Waals surface area contributed by atoms with Gasteiger partial charge in [-0.2, -0.15) is 5.10 Å². The van der Waals surface area contributed by atoms with Crippen LogP contribution in [0.25, 0.3) is 0 Å². The van der Waals surface area contributed by atoms with Gasteiger partial charge in [-0.1, -0.05) is 12.1 Å². The van der Waals surface area contributed by atoms with E-state index in [-0.39, 0.29) is 24.1 Å². The molecule has 1 aromatic carbocycles. The molecule has 1 fully saturated rings. The summed E-state index contributed by atoms with van der Waals surface area (Å²) in [4.78, 5) is 28.6. The zero-order chi connectivity index (χ0) is 19.6. The number of hydrogen-bond acceptors (Lipinski definition) is 4. The van der Waals surface area contributed by atoms with E-state index in [4.69, 9.17) is 0 Å². The number of carbonyl (C=O) groups excluding carboxylic acids is 2. The molecule has 144 valence electrons. The molecule has 0 aliphatic carbocycles. The Balaban J connectivity index is 1.73. The fraction of sp³-hybridized carbons (Fsp3) is 0.421. The average molecular weight is 373 g/mol. The monoisotopic (exact) mass is 373 g/mol. The van der Waals surface area contributed by atoms with Gasteiger partial charge in [0.1, 0.15) is 5.82 Å². The number of benzene rings is 1. The molecule has 2 unspecified atom stereocenters. The van der Waals surface area contributed by atoms with Crippen LogP contribution in [-0.4, -0.2) is 59.1 Å². The van der Waals surface area contributed by atoms with Crippen LogP contribution in [0.3, 0.4) is 0 Å². The quantitative estimate of drug-likeness (QED) is 0.837. The van der Waals surface area contributed by atoms with E-state index in [9.17, 15) is 14.0 Å². The minimum Gasteiger partial charge on any atom is -0.338 e. The largest absolute Gasteiger partial charge is 0.338 e. The minimum atomic E-state index is -0.588. The maximum Gasteiger partial charge on any atom is 0.230 e. The van der Waals surface area contributed by atoms with E-state index >= 15 is 0 Å². The Kier molecular flexibility index (Phi) is 5.55. The van der Waals surface area contributed by atoms with E-state index in [2.05, 4.69) is 10.4 Å². The summed E-state index contributed by atoms with van der Waals surface area (Å²) in [5.41, 5.74) is 1.20. The molecule has 0 spiro atoms. The van der Waals surface area contributed by atoms with Crippen molar-refractivity contribution in [3.05, 3.63) is 48.0 Å². The van der Waals surface area contributed by atoms with Crippen molar-refractivity contribution in [2.75, 3.05) is 33.0 Å². The van der Waals surface area contributed by atoms with Gasteiger partial charge in [0.2, 0.25) is 11.8 Å². The van der Waals surface area contributed by atoms with Gasteiger partial charge in [-0.25, -0.2) is 4.39 Å². The highest BCUT2D eigenvalue weighted by Gasteiger charge is 2.42. The third-order valence-corrected chi connectivity index (χ3v) is 4.79. The standard InChI is InChI=1S/C19H24FN5O2/c1-23(2)7-8-25-12-15(11-21-25)22-19(27)16-10-17(26)24(3)18(16)13-5-4-6-14(20)9-13/h4-6,9,11-12,16,18H,7-8,10H2,1-3H3,(H,22,27). The number of amides is 2. The number of likely N-dealkylation sites (tertiary alicyclic amines) is 1. The predicted octanol–water partition coefficient (Wildman–Crippen LogP) is 1.74. The predicted molar refractivity (Wildman–Crippen MR) is 99.4 cm³/mol. The summed E-state index contributed by atoms with van der Waals surface area (Å²) in [5, 5.41) is 7.07. The number of halogens is 1. The van der Waals surface area contributed by atoms with Gasteiger partial charge in [-0.15, -0.1) is 0 Å². The summed E-state index contributed by atoms with van der Waals surface area (Å²) >= 11 is 0. The van der Waals surface area contributed by atoms with E-state index in [1.807, 2.05) is 19.0 Å². The van der Waals surface area contributed by atoms with Crippen LogP contribution >= 0.6 is 0 Å². The summed E-state index contributed by atoms with van der Waals surface area (Å²) in [7, 11) is 5.60. The number of hydrogen-bond donors (Lipinski definition) is 1. The third kappa shape index (κ3) is 4.33. The lowest BCUT2D eigenvalue weighted by Gasteiger charge is -2.24. The lowest BCUT2D eigenvalue weighted by molar-refractivity contribution is -0.128. The third-order valence-electron chi connectivity index (χ3n) is 4.79. The molecule has 2 amide bonds. The van der Waals surface area contributed by atoms with Crippen molar-refractivity contribution in [2.24, 2.45) is 5.92 Å². The Morgan fingerprint density at radius 1 is 1.41 bits per heavy atom. The van der Waals surface area contributed by atoms with Gasteiger partial charge in [0.25, 0.3) is 0 Å². The number of nitrogens with one attached hydrogen (secondary N) is 1. The van der Waals surface area contributed by atoms with Crippen molar-refractivity contribution < 1.29 is 14.0 Å². The van der Waals surface area contributed by atoms with Crippen LogP contribution in [0.5, 0.6) is 0 Å². The van der Waals surface area contributed by atoms with E-state index < -0.39 is 12.0 Å². The SMILES string of the molecule is CN(C)CCn1cc(NC(=O)C2CC(=O)N(C)C2c2cccc(F)c2)cn1. The number of anilines is 1. The molecule has 8 heteroatoms. The van der Waals surface area contributed by atoms with Gasteiger partial charge >= 0.3 is 0 Å². The normalized spacial score (nSPS) is 19.7. The molecule has 0 saturated carbocycles. The molecule has 0 radical (unpaired) electrons. The summed E-state index contributed by atoms with van der Waals surface area (Å²) in [5.74, 6) is -1.38. The number of likely N-dealkylation sites (N-methyl/N-ethyl adjacent to an activating group) is 1. The van der Waals surface area contributed by atoms with Crippen molar-refractivity contribution in [1.29, 1.82) is 0 Å². The molecule has 2 heterocycles. The van der Waals surface area contributed by atoms with Crippen LogP contribution in [-0.2, 0) is 16.1 Å². The molecule has 7 nitrogen and oxygen atoms in total. The number of rotatable bonds is 6. The molecule has 0 bridgehead atoms. The van der Waals surface area contributed by atoms with Crippen LogP contribution in [0.4, 0.5) is 10.1 Å². The average Bonchev–Trinajstić information content (AvgIpc) is 3.18. The molecular weight excluding hydrogens is 349 g/mol. The molecule has 1 aliphatic heterocycles. The zero-order valence-corrected chi connectivity index (χ0v) is 15.7. The second kappa shape index (κ2) is 7.87. The van der Waals surface area contributed by atoms with Crippen LogP contribution in [0.2, 0.25) is 0 Å². The Morgan fingerprint density at radius 3 is 2.89 bits per heavy atom. The first-order chi connectivity index (χ1) is 12.8. The van der Waals surface area contributed by atoms with Gasteiger partial charge < -0.3 is 15.1 Å². The maximum absolute atomic E-state index is 13.6. The fourth-order valence-electron chi connectivity index (χ4n) is 3.34. The Bertz CT molecular complexity index is 835. The topological polar surface area (TPSA) is 70.5 Å². The number of nitrogens with zero attached hydrogens (tertiary/aromatic N) is 4. The fourth-order valence-corrected chi connectivity index (χ4v) is 3.34. The van der Waals surface area contributed by atoms with Gasteiger partial charge in [0, 0.05) is 26.2 Å². The van der Waals surface area contributed by atoms with E-state index in [0.717, 1.165) is 6.54 Å². The first kappa shape index (κ1) is 19.0. The molecule has 1 aliphatic rings. The molecule has 1 N–H and O–H groups in total. The van der Waals surface area contributed by atoms with Gasteiger partial charge in [-0.3, -0.25) is 14.3 Å². The first-order valence-corrected chi connectivity index (χ1v) is 8.84. The highest BCUT2D eigenvalue weighted by atomic mass is 19.1. The second-order valence-electron chi connectivity index (χ2n) is 7.10. The van der Waals surface area contributed by atoms with E-state index in [1.54, 1.807) is 36.3 Å². The van der Waals surface area contributed by atoms with E-state index in [0.29, 0.717) is 17.8 Å². The number of aromatic nitrogens is 2. The van der Waals surface area contributed by atoms with Crippen molar-refractivity contribution in [2.45, 2.75) is 19.0 Å². The number of carbonyl (C=O) groups is 2. The lowest BCUT2D eigenvalue weighted by atomic mass is 9.93. The van der Waals surface area contributed by atoms with Crippen LogP contribution in [0, 0.1) is 11.7 Å². The zero-order valence-electron chi connectivity index (χ0n) is 15.7. The Hall–Kier alpha value is -2.74. The smallest absolute Gasteiger partial charge is 0.230 e. The molecule has 27 heavy (non-hydrogen) atoms. The van der Waals surface area contributed by atoms with Gasteiger partial charge in [0.05, 0.1) is 30.4 Å². The Labute approximate surface area is 157 Å². The summed E-state index contributed by atoms with van der Waals surface area (Å²) in [6.45, 7) is 1.54. The maximum atomic E-state index is 13.6. The van der Waals surface area contributed by atoms with Crippen LogP contribution in [0.15, 0.2) is 36.7 Å². The molecule has 1 aromatic heterocycles. The molecule has 2 aromatic rings. The highest BCUT2D eigenvalue weighted by molar-refractivity contribution is 5.97. The van der Waals surface area contributed by atoms with Crippen LogP contribution in [0.1, 0.15) is 18.0 Å². The molecule has 2 atom stereocenters. The van der Waals surface area contributed by atoms with Gasteiger partial charge in [-0.05, 0) is 31.8 Å². The van der Waals surface area contributed by atoms with Crippen LogP contribution < -0.4 is 5.32 Å². The minimum absolute atomic E-state index is 0.0955. The molecule has 1 saturated heterocycles. The van der Waals surface area contributed by atoms with Crippen molar-refractivity contribution in [1.82, 2.24) is 19.6 Å². The molecule has 3 rings (SSSR count). The summed E-state index contributed by atoms with van der Waals surface area (Å²) in [6.07, 6.45) is 3.45. The first-order valence-electron chi connectivity index (χ1n) is 8.84. The van der Waals surface area contributed by atoms with Crippen molar-refractivity contribution in [3.8, 4) is 0 Å². The summed E-state index contributed by atoms with van der Waals surface area (Å²) < 4.78 is 15.4. The van der Waals surface area contributed by atoms with Crippen molar-refractivity contribution in [3.63, 3.8) is 0 Å². The van der Waals surface area contributed by atoms with E-state index in [1.165, 1.54) is 17.0 Å². The van der Waals surface area contributed by atoms with Crippen molar-refractivity contribution >= 4 is 17.5 Å². The van der Waals surface area contributed by atoms with Gasteiger partial charge in [0.15, 0.2) is 0 Å². The molecular formula is C19H24FN5O2. The summed E-state index contributed by atoms with van der Waals surface area (Å²) in [6, 6.07) is 5.56.